The Hall–Kier alpha value is -1.34. The van der Waals surface area contributed by atoms with Gasteiger partial charge in [0.15, 0.2) is 5.17 Å². The van der Waals surface area contributed by atoms with Gasteiger partial charge in [-0.2, -0.15) is 4.99 Å². The second-order valence-corrected chi connectivity index (χ2v) is 6.86. The van der Waals surface area contributed by atoms with Crippen molar-refractivity contribution >= 4 is 40.5 Å². The van der Waals surface area contributed by atoms with Gasteiger partial charge in [-0.15, -0.1) is 0 Å². The molecular formula is C16H18ClN3O2S. The lowest BCUT2D eigenvalue weighted by molar-refractivity contribution is -0.113. The quantitative estimate of drug-likeness (QED) is 0.843. The normalized spacial score (nSPS) is 21.1. The number of rotatable bonds is 3. The summed E-state index contributed by atoms with van der Waals surface area (Å²) in [5.41, 5.74) is 0.939. The summed E-state index contributed by atoms with van der Waals surface area (Å²) in [7, 11) is 0. The minimum absolute atomic E-state index is 0.183. The fraction of sp³-hybridized carbons (Fsp3) is 0.375. The van der Waals surface area contributed by atoms with E-state index in [2.05, 4.69) is 14.8 Å². The van der Waals surface area contributed by atoms with Gasteiger partial charge in [0.05, 0.1) is 11.5 Å². The van der Waals surface area contributed by atoms with Crippen LogP contribution in [-0.4, -0.2) is 65.3 Å². The summed E-state index contributed by atoms with van der Waals surface area (Å²) >= 11 is 7.30. The first-order chi connectivity index (χ1) is 11.2. The van der Waals surface area contributed by atoms with E-state index in [1.165, 1.54) is 11.8 Å². The average Bonchev–Trinajstić information content (AvgIpc) is 2.92. The summed E-state index contributed by atoms with van der Waals surface area (Å²) in [5.74, 6) is -0.183. The Morgan fingerprint density at radius 1 is 1.22 bits per heavy atom. The number of hydrogen-bond donors (Lipinski definition) is 1. The smallest absolute Gasteiger partial charge is 0.286 e. The predicted octanol–water partition coefficient (Wildman–Crippen LogP) is 1.92. The van der Waals surface area contributed by atoms with E-state index in [1.54, 1.807) is 12.1 Å². The molecule has 1 aromatic carbocycles. The Labute approximate surface area is 144 Å². The molecule has 2 heterocycles. The maximum Gasteiger partial charge on any atom is 0.286 e. The van der Waals surface area contributed by atoms with Crippen LogP contribution in [0.1, 0.15) is 5.56 Å². The molecular weight excluding hydrogens is 334 g/mol. The molecule has 0 unspecified atom stereocenters. The summed E-state index contributed by atoms with van der Waals surface area (Å²) in [6.07, 6.45) is 1.85. The number of piperazine rings is 1. The van der Waals surface area contributed by atoms with Crippen LogP contribution in [0.4, 0.5) is 0 Å². The number of carbonyl (C=O) groups is 1. The average molecular weight is 352 g/mol. The molecule has 0 bridgehead atoms. The molecule has 2 aliphatic rings. The Kier molecular flexibility index (Phi) is 5.38. The van der Waals surface area contributed by atoms with E-state index < -0.39 is 0 Å². The number of aliphatic hydroxyl groups is 1. The van der Waals surface area contributed by atoms with E-state index in [0.29, 0.717) is 16.5 Å². The van der Waals surface area contributed by atoms with E-state index in [9.17, 15) is 4.79 Å². The zero-order valence-corrected chi connectivity index (χ0v) is 14.2. The number of benzene rings is 1. The molecule has 0 aromatic heterocycles. The molecule has 1 fully saturated rings. The lowest BCUT2D eigenvalue weighted by atomic mass is 10.2. The van der Waals surface area contributed by atoms with Crippen LogP contribution in [0.2, 0.25) is 5.02 Å². The molecule has 0 aliphatic carbocycles. The Morgan fingerprint density at radius 3 is 2.57 bits per heavy atom. The molecule has 0 spiro atoms. The number of thioether (sulfide) groups is 1. The number of amides is 1. The summed E-state index contributed by atoms with van der Waals surface area (Å²) in [6.45, 7) is 4.30. The van der Waals surface area contributed by atoms with Gasteiger partial charge in [-0.1, -0.05) is 23.7 Å². The molecule has 1 saturated heterocycles. The molecule has 7 heteroatoms. The van der Waals surface area contributed by atoms with Gasteiger partial charge in [-0.25, -0.2) is 0 Å². The number of hydrogen-bond acceptors (Lipinski definition) is 5. The molecule has 5 nitrogen and oxygen atoms in total. The van der Waals surface area contributed by atoms with Gasteiger partial charge in [-0.3, -0.25) is 9.69 Å². The van der Waals surface area contributed by atoms with Crippen molar-refractivity contribution in [2.24, 2.45) is 4.99 Å². The van der Waals surface area contributed by atoms with Gasteiger partial charge in [0.2, 0.25) is 0 Å². The third-order valence-electron chi connectivity index (χ3n) is 3.84. The van der Waals surface area contributed by atoms with Crippen LogP contribution in [0.25, 0.3) is 6.08 Å². The third kappa shape index (κ3) is 4.14. The molecule has 1 amide bonds. The molecule has 1 N–H and O–H groups in total. The molecule has 1 aromatic rings. The zero-order chi connectivity index (χ0) is 16.2. The van der Waals surface area contributed by atoms with Gasteiger partial charge in [-0.05, 0) is 35.5 Å². The van der Waals surface area contributed by atoms with Crippen LogP contribution < -0.4 is 0 Å². The zero-order valence-electron chi connectivity index (χ0n) is 12.6. The predicted molar refractivity (Wildman–Crippen MR) is 94.6 cm³/mol. The molecule has 0 atom stereocenters. The monoisotopic (exact) mass is 351 g/mol. The molecule has 3 rings (SSSR count). The van der Waals surface area contributed by atoms with Crippen molar-refractivity contribution in [1.82, 2.24) is 9.80 Å². The first-order valence-corrected chi connectivity index (χ1v) is 8.71. The van der Waals surface area contributed by atoms with Gasteiger partial charge in [0, 0.05) is 37.7 Å². The van der Waals surface area contributed by atoms with Crippen LogP contribution in [0.5, 0.6) is 0 Å². The van der Waals surface area contributed by atoms with Gasteiger partial charge in [0.25, 0.3) is 5.91 Å². The highest BCUT2D eigenvalue weighted by Crippen LogP contribution is 2.30. The molecule has 0 radical (unpaired) electrons. The maximum atomic E-state index is 12.1. The van der Waals surface area contributed by atoms with E-state index in [0.717, 1.165) is 36.9 Å². The number of aliphatic hydroxyl groups excluding tert-OH is 1. The minimum Gasteiger partial charge on any atom is -0.395 e. The van der Waals surface area contributed by atoms with Gasteiger partial charge < -0.3 is 10.0 Å². The number of β-amino-alcohol motifs (C(OH)–C–C–N with tert-alkyl or cyclic N) is 1. The number of amidine groups is 1. The Bertz CT molecular complexity index is 637. The first-order valence-electron chi connectivity index (χ1n) is 7.52. The van der Waals surface area contributed by atoms with Crippen LogP contribution in [0.3, 0.4) is 0 Å². The summed E-state index contributed by atoms with van der Waals surface area (Å²) in [4.78, 5) is 21.3. The van der Waals surface area contributed by atoms with Gasteiger partial charge in [0.1, 0.15) is 0 Å². The van der Waals surface area contributed by atoms with Crippen LogP contribution >= 0.6 is 23.4 Å². The van der Waals surface area contributed by atoms with Crippen molar-refractivity contribution in [3.8, 4) is 0 Å². The van der Waals surface area contributed by atoms with Crippen molar-refractivity contribution in [2.45, 2.75) is 0 Å². The van der Waals surface area contributed by atoms with Crippen LogP contribution in [0.15, 0.2) is 34.2 Å². The summed E-state index contributed by atoms with van der Waals surface area (Å²) < 4.78 is 0. The van der Waals surface area contributed by atoms with E-state index in [-0.39, 0.29) is 12.5 Å². The highest BCUT2D eigenvalue weighted by molar-refractivity contribution is 8.18. The fourth-order valence-electron chi connectivity index (χ4n) is 2.55. The second kappa shape index (κ2) is 7.49. The van der Waals surface area contributed by atoms with Crippen LogP contribution in [-0.2, 0) is 4.79 Å². The summed E-state index contributed by atoms with van der Waals surface area (Å²) in [6, 6.07) is 7.38. The molecule has 23 heavy (non-hydrogen) atoms. The SMILES string of the molecule is O=C1N=C(N2CCN(CCO)CC2)S/C1=C/c1ccc(Cl)cc1. The third-order valence-corrected chi connectivity index (χ3v) is 5.13. The Morgan fingerprint density at radius 2 is 1.91 bits per heavy atom. The van der Waals surface area contributed by atoms with E-state index in [1.807, 2.05) is 18.2 Å². The molecule has 122 valence electrons. The van der Waals surface area contributed by atoms with Crippen molar-refractivity contribution in [3.63, 3.8) is 0 Å². The first kappa shape index (κ1) is 16.5. The van der Waals surface area contributed by atoms with E-state index in [4.69, 9.17) is 16.7 Å². The molecule has 2 aliphatic heterocycles. The Balaban J connectivity index is 1.63. The summed E-state index contributed by atoms with van der Waals surface area (Å²) in [5, 5.41) is 10.4. The topological polar surface area (TPSA) is 56.1 Å². The highest BCUT2D eigenvalue weighted by Gasteiger charge is 2.28. The van der Waals surface area contributed by atoms with Crippen molar-refractivity contribution in [3.05, 3.63) is 39.8 Å². The van der Waals surface area contributed by atoms with Crippen LogP contribution in [0, 0.1) is 0 Å². The lowest BCUT2D eigenvalue weighted by Gasteiger charge is -2.34. The van der Waals surface area contributed by atoms with Gasteiger partial charge >= 0.3 is 0 Å². The maximum absolute atomic E-state index is 12.1. The number of nitrogens with zero attached hydrogens (tertiary/aromatic N) is 3. The molecule has 0 saturated carbocycles. The number of halogens is 1. The van der Waals surface area contributed by atoms with E-state index >= 15 is 0 Å². The second-order valence-electron chi connectivity index (χ2n) is 5.41. The van der Waals surface area contributed by atoms with Crippen molar-refractivity contribution < 1.29 is 9.90 Å². The largest absolute Gasteiger partial charge is 0.395 e. The number of carbonyl (C=O) groups excluding carboxylic acids is 1. The fourth-order valence-corrected chi connectivity index (χ4v) is 3.64. The van der Waals surface area contributed by atoms with Crippen molar-refractivity contribution in [2.75, 3.05) is 39.3 Å². The lowest BCUT2D eigenvalue weighted by Crippen LogP contribution is -2.48. The highest BCUT2D eigenvalue weighted by atomic mass is 35.5. The minimum atomic E-state index is -0.183. The number of aliphatic imine (C=N–C) groups is 1. The van der Waals surface area contributed by atoms with Crippen molar-refractivity contribution in [1.29, 1.82) is 0 Å². The standard InChI is InChI=1S/C16H18ClN3O2S/c17-13-3-1-12(2-4-13)11-14-15(22)18-16(23-14)20-7-5-19(6-8-20)9-10-21/h1-4,11,21H,5-10H2/b14-11+.